The van der Waals surface area contributed by atoms with Crippen molar-refractivity contribution in [3.05, 3.63) is 34.5 Å². The van der Waals surface area contributed by atoms with Gasteiger partial charge in [-0.2, -0.15) is 0 Å². The fraction of sp³-hybridized carbons (Fsp3) is 0.273. The van der Waals surface area contributed by atoms with Crippen molar-refractivity contribution >= 4 is 22.5 Å². The Hall–Kier alpha value is -0.990. The lowest BCUT2D eigenvalue weighted by Gasteiger charge is -2.01. The average Bonchev–Trinajstić information content (AvgIpc) is 2.67. The number of fused-ring (bicyclic) bond motifs is 3. The van der Waals surface area contributed by atoms with Crippen LogP contribution in [0, 0.1) is 0 Å². The first-order valence-corrected chi connectivity index (χ1v) is 5.11. The number of nitrogens with one attached hydrogen (secondary N) is 1. The summed E-state index contributed by atoms with van der Waals surface area (Å²) >= 11 is 5.93. The molecule has 1 aliphatic carbocycles. The molecule has 14 heavy (non-hydrogen) atoms. The Morgan fingerprint density at radius 2 is 2.29 bits per heavy atom. The van der Waals surface area contributed by atoms with Crippen LogP contribution in [-0.2, 0) is 6.42 Å². The topological polar surface area (TPSA) is 36.0 Å². The number of aromatic amines is 1. The van der Waals surface area contributed by atoms with Crippen molar-refractivity contribution in [3.8, 4) is 0 Å². The lowest BCUT2D eigenvalue weighted by molar-refractivity contribution is 0.181. The van der Waals surface area contributed by atoms with Crippen LogP contribution in [0.2, 0.25) is 5.02 Å². The summed E-state index contributed by atoms with van der Waals surface area (Å²) in [4.78, 5) is 3.32. The normalized spacial score (nSPS) is 20.3. The molecule has 2 N–H and O–H groups in total. The van der Waals surface area contributed by atoms with Gasteiger partial charge in [0.2, 0.25) is 0 Å². The fourth-order valence-electron chi connectivity index (χ4n) is 2.24. The van der Waals surface area contributed by atoms with E-state index in [1.165, 1.54) is 0 Å². The first-order valence-electron chi connectivity index (χ1n) is 4.74. The van der Waals surface area contributed by atoms with Crippen LogP contribution in [0.15, 0.2) is 18.2 Å². The molecule has 0 saturated carbocycles. The molecule has 2 nitrogen and oxygen atoms in total. The molecule has 1 heterocycles. The van der Waals surface area contributed by atoms with Gasteiger partial charge in [-0.25, -0.2) is 0 Å². The van der Waals surface area contributed by atoms with Crippen LogP contribution in [0.1, 0.15) is 23.8 Å². The van der Waals surface area contributed by atoms with E-state index in [1.807, 2.05) is 18.2 Å². The molecular formula is C11H10ClNO. The molecule has 72 valence electrons. The molecule has 3 heteroatoms. The van der Waals surface area contributed by atoms with E-state index in [4.69, 9.17) is 11.6 Å². The van der Waals surface area contributed by atoms with Gasteiger partial charge in [-0.1, -0.05) is 11.6 Å². The molecule has 0 aliphatic heterocycles. The standard InChI is InChI=1S/C11H10ClNO/c12-6-1-2-8-7(5-6)11-9(13-8)3-4-10(11)14/h1-2,5,10,13-14H,3-4H2. The van der Waals surface area contributed by atoms with Crippen molar-refractivity contribution in [2.75, 3.05) is 0 Å². The highest BCUT2D eigenvalue weighted by Crippen LogP contribution is 2.37. The van der Waals surface area contributed by atoms with Crippen molar-refractivity contribution in [2.45, 2.75) is 18.9 Å². The molecule has 1 aliphatic rings. The summed E-state index contributed by atoms with van der Waals surface area (Å²) in [5.41, 5.74) is 3.27. The predicted octanol–water partition coefficient (Wildman–Crippen LogP) is 2.80. The van der Waals surface area contributed by atoms with Gasteiger partial charge in [0, 0.05) is 27.2 Å². The van der Waals surface area contributed by atoms with Gasteiger partial charge in [0.15, 0.2) is 0 Å². The minimum Gasteiger partial charge on any atom is -0.388 e. The zero-order valence-electron chi connectivity index (χ0n) is 7.55. The lowest BCUT2D eigenvalue weighted by Crippen LogP contribution is -1.88. The van der Waals surface area contributed by atoms with E-state index in [-0.39, 0.29) is 6.10 Å². The van der Waals surface area contributed by atoms with E-state index >= 15 is 0 Å². The summed E-state index contributed by atoms with van der Waals surface area (Å²) in [5, 5.41) is 11.6. The van der Waals surface area contributed by atoms with Crippen molar-refractivity contribution in [1.29, 1.82) is 0 Å². The van der Waals surface area contributed by atoms with E-state index in [1.54, 1.807) is 0 Å². The molecule has 1 aromatic heterocycles. The highest BCUT2D eigenvalue weighted by Gasteiger charge is 2.24. The largest absolute Gasteiger partial charge is 0.388 e. The SMILES string of the molecule is OC1CCc2[nH]c3ccc(Cl)cc3c21. The molecule has 3 rings (SSSR count). The lowest BCUT2D eigenvalue weighted by atomic mass is 10.1. The summed E-state index contributed by atoms with van der Waals surface area (Å²) < 4.78 is 0. The quantitative estimate of drug-likeness (QED) is 0.685. The highest BCUT2D eigenvalue weighted by atomic mass is 35.5. The summed E-state index contributed by atoms with van der Waals surface area (Å²) in [7, 11) is 0. The summed E-state index contributed by atoms with van der Waals surface area (Å²) in [6, 6.07) is 5.74. The van der Waals surface area contributed by atoms with E-state index < -0.39 is 0 Å². The molecule has 2 aromatic rings. The minimum atomic E-state index is -0.322. The van der Waals surface area contributed by atoms with Crippen LogP contribution in [0.5, 0.6) is 0 Å². The molecular weight excluding hydrogens is 198 g/mol. The van der Waals surface area contributed by atoms with Gasteiger partial charge in [-0.3, -0.25) is 0 Å². The van der Waals surface area contributed by atoms with Crippen molar-refractivity contribution in [2.24, 2.45) is 0 Å². The predicted molar refractivity (Wildman–Crippen MR) is 56.6 cm³/mol. The number of hydrogen-bond acceptors (Lipinski definition) is 1. The number of rotatable bonds is 0. The van der Waals surface area contributed by atoms with Gasteiger partial charge in [0.05, 0.1) is 6.10 Å². The first-order chi connectivity index (χ1) is 6.75. The minimum absolute atomic E-state index is 0.322. The molecule has 1 atom stereocenters. The monoisotopic (exact) mass is 207 g/mol. The zero-order chi connectivity index (χ0) is 9.71. The van der Waals surface area contributed by atoms with Crippen LogP contribution in [-0.4, -0.2) is 10.1 Å². The molecule has 0 spiro atoms. The number of aliphatic hydroxyl groups excluding tert-OH is 1. The van der Waals surface area contributed by atoms with Crippen molar-refractivity contribution in [1.82, 2.24) is 4.98 Å². The summed E-state index contributed by atoms with van der Waals surface area (Å²) in [6.45, 7) is 0. The van der Waals surface area contributed by atoms with Gasteiger partial charge in [-0.15, -0.1) is 0 Å². The maximum atomic E-state index is 9.80. The smallest absolute Gasteiger partial charge is 0.0817 e. The van der Waals surface area contributed by atoms with Gasteiger partial charge in [0.25, 0.3) is 0 Å². The van der Waals surface area contributed by atoms with Gasteiger partial charge >= 0.3 is 0 Å². The van der Waals surface area contributed by atoms with Crippen molar-refractivity contribution < 1.29 is 5.11 Å². The third kappa shape index (κ3) is 1.01. The Morgan fingerprint density at radius 1 is 1.43 bits per heavy atom. The highest BCUT2D eigenvalue weighted by molar-refractivity contribution is 6.31. The Balaban J connectivity index is 2.38. The van der Waals surface area contributed by atoms with E-state index in [9.17, 15) is 5.11 Å². The third-order valence-corrected chi connectivity index (χ3v) is 3.12. The van der Waals surface area contributed by atoms with Crippen LogP contribution in [0.25, 0.3) is 10.9 Å². The molecule has 1 unspecified atom stereocenters. The second-order valence-corrected chi connectivity index (χ2v) is 4.20. The number of benzene rings is 1. The molecule has 0 saturated heterocycles. The van der Waals surface area contributed by atoms with E-state index in [0.29, 0.717) is 0 Å². The summed E-state index contributed by atoms with van der Waals surface area (Å²) in [6.07, 6.45) is 1.43. The van der Waals surface area contributed by atoms with Crippen molar-refractivity contribution in [3.63, 3.8) is 0 Å². The number of aliphatic hydroxyl groups is 1. The average molecular weight is 208 g/mol. The number of H-pyrrole nitrogens is 1. The van der Waals surface area contributed by atoms with E-state index in [2.05, 4.69) is 4.98 Å². The molecule has 0 radical (unpaired) electrons. The van der Waals surface area contributed by atoms with Gasteiger partial charge < -0.3 is 10.1 Å². The van der Waals surface area contributed by atoms with Crippen LogP contribution < -0.4 is 0 Å². The maximum absolute atomic E-state index is 9.80. The Kier molecular flexibility index (Phi) is 1.64. The number of aryl methyl sites for hydroxylation is 1. The molecule has 0 amide bonds. The molecule has 0 fully saturated rings. The van der Waals surface area contributed by atoms with E-state index in [0.717, 1.165) is 40.0 Å². The van der Waals surface area contributed by atoms with Gasteiger partial charge in [-0.05, 0) is 31.0 Å². The maximum Gasteiger partial charge on any atom is 0.0817 e. The van der Waals surface area contributed by atoms with Crippen LogP contribution in [0.3, 0.4) is 0 Å². The Bertz CT molecular complexity index is 503. The molecule has 0 bridgehead atoms. The number of aromatic nitrogens is 1. The zero-order valence-corrected chi connectivity index (χ0v) is 8.30. The molecule has 1 aromatic carbocycles. The fourth-order valence-corrected chi connectivity index (χ4v) is 2.42. The number of halogens is 1. The first kappa shape index (κ1) is 8.33. The Morgan fingerprint density at radius 3 is 3.14 bits per heavy atom. The third-order valence-electron chi connectivity index (χ3n) is 2.88. The van der Waals surface area contributed by atoms with Crippen LogP contribution >= 0.6 is 11.6 Å². The second kappa shape index (κ2) is 2.75. The second-order valence-electron chi connectivity index (χ2n) is 3.76. The van der Waals surface area contributed by atoms with Gasteiger partial charge in [0.1, 0.15) is 0 Å². The number of hydrogen-bond donors (Lipinski definition) is 2. The summed E-state index contributed by atoms with van der Waals surface area (Å²) in [5.74, 6) is 0. The van der Waals surface area contributed by atoms with Crippen LogP contribution in [0.4, 0.5) is 0 Å². The Labute approximate surface area is 86.5 Å².